The summed E-state index contributed by atoms with van der Waals surface area (Å²) in [6, 6.07) is 11.7. The van der Waals surface area contributed by atoms with E-state index < -0.39 is 0 Å². The molecule has 4 aliphatic rings. The molecule has 0 saturated heterocycles. The maximum absolute atomic E-state index is 12.8. The zero-order valence-corrected chi connectivity index (χ0v) is 18.8. The molecule has 164 valence electrons. The third-order valence-electron chi connectivity index (χ3n) is 10.2. The van der Waals surface area contributed by atoms with Gasteiger partial charge in [0.25, 0.3) is 0 Å². The maximum atomic E-state index is 12.8. The first kappa shape index (κ1) is 20.5. The van der Waals surface area contributed by atoms with Gasteiger partial charge in [-0.2, -0.15) is 0 Å². The third kappa shape index (κ3) is 2.76. The van der Waals surface area contributed by atoms with Gasteiger partial charge in [0.05, 0.1) is 0 Å². The minimum Gasteiger partial charge on any atom is -0.353 e. The van der Waals surface area contributed by atoms with Crippen LogP contribution in [0.5, 0.6) is 0 Å². The van der Waals surface area contributed by atoms with Gasteiger partial charge in [0.15, 0.2) is 0 Å². The summed E-state index contributed by atoms with van der Waals surface area (Å²) in [5, 5.41) is 3.35. The molecule has 1 amide bonds. The van der Waals surface area contributed by atoms with Crippen LogP contribution in [0.25, 0.3) is 0 Å². The predicted octanol–water partition coefficient (Wildman–Crippen LogP) is 5.33. The average Bonchev–Trinajstić information content (AvgIpc) is 3.15. The van der Waals surface area contributed by atoms with Crippen molar-refractivity contribution < 1.29 is 4.79 Å². The number of carbonyl (C=O) groups excluding carboxylic acids is 1. The standard InChI is InChI=1S/C27H40N2O/c1-2-25-17-22(11-14-24(30)29-23-12-9-20(18-28)10-13-23)27(25)16-6-15-26(27,19-25)21-7-4-3-5-8-21/h3-5,7-8,20,22-23H,2,6,9-19,28H2,1H3,(H,29,30)/t20-,22?,23+,25-,26-,27?/m1/s1. The summed E-state index contributed by atoms with van der Waals surface area (Å²) in [4.78, 5) is 12.8. The second-order valence-electron chi connectivity index (χ2n) is 11.0. The number of hydrogen-bond donors (Lipinski definition) is 2. The Kier molecular flexibility index (Phi) is 5.24. The van der Waals surface area contributed by atoms with E-state index in [0.29, 0.717) is 40.5 Å². The molecule has 0 aliphatic heterocycles. The number of benzene rings is 1. The molecule has 4 aliphatic carbocycles. The Bertz CT molecular complexity index is 770. The second-order valence-corrected chi connectivity index (χ2v) is 11.0. The molecule has 0 bridgehead atoms. The van der Waals surface area contributed by atoms with E-state index in [4.69, 9.17) is 5.73 Å². The first-order valence-corrected chi connectivity index (χ1v) is 12.6. The maximum Gasteiger partial charge on any atom is 0.220 e. The molecule has 1 spiro atoms. The van der Waals surface area contributed by atoms with E-state index >= 15 is 0 Å². The molecule has 3 nitrogen and oxygen atoms in total. The normalized spacial score (nSPS) is 41.9. The Hall–Kier alpha value is -1.35. The van der Waals surface area contributed by atoms with E-state index in [1.807, 2.05) is 0 Å². The van der Waals surface area contributed by atoms with Crippen molar-refractivity contribution in [1.82, 2.24) is 5.32 Å². The van der Waals surface area contributed by atoms with Gasteiger partial charge in [-0.05, 0) is 99.0 Å². The lowest BCUT2D eigenvalue weighted by molar-refractivity contribution is -0.286. The molecule has 30 heavy (non-hydrogen) atoms. The summed E-state index contributed by atoms with van der Waals surface area (Å²) < 4.78 is 0. The molecule has 3 N–H and O–H groups in total. The van der Waals surface area contributed by atoms with Gasteiger partial charge in [-0.1, -0.05) is 43.7 Å². The average molecular weight is 409 g/mol. The van der Waals surface area contributed by atoms with Gasteiger partial charge < -0.3 is 11.1 Å². The van der Waals surface area contributed by atoms with Crippen LogP contribution in [0, 0.1) is 22.7 Å². The van der Waals surface area contributed by atoms with Gasteiger partial charge >= 0.3 is 0 Å². The van der Waals surface area contributed by atoms with Crippen molar-refractivity contribution in [2.24, 2.45) is 28.4 Å². The molecule has 4 atom stereocenters. The highest BCUT2D eigenvalue weighted by Crippen LogP contribution is 2.87. The molecular formula is C27H40N2O. The molecule has 1 aromatic rings. The summed E-state index contributed by atoms with van der Waals surface area (Å²) in [6.07, 6.45) is 14.5. The van der Waals surface area contributed by atoms with Crippen molar-refractivity contribution in [3.8, 4) is 0 Å². The fourth-order valence-electron chi connectivity index (χ4n) is 8.92. The van der Waals surface area contributed by atoms with E-state index in [2.05, 4.69) is 42.6 Å². The number of rotatable bonds is 7. The van der Waals surface area contributed by atoms with Gasteiger partial charge in [-0.25, -0.2) is 0 Å². The Morgan fingerprint density at radius 1 is 1.13 bits per heavy atom. The van der Waals surface area contributed by atoms with Crippen LogP contribution in [-0.4, -0.2) is 18.5 Å². The number of carbonyl (C=O) groups is 1. The Morgan fingerprint density at radius 3 is 2.60 bits per heavy atom. The van der Waals surface area contributed by atoms with Gasteiger partial charge in [0.1, 0.15) is 0 Å². The zero-order chi connectivity index (χ0) is 20.8. The third-order valence-corrected chi connectivity index (χ3v) is 10.2. The second kappa shape index (κ2) is 7.65. The summed E-state index contributed by atoms with van der Waals surface area (Å²) in [7, 11) is 0. The number of hydrogen-bond acceptors (Lipinski definition) is 2. The van der Waals surface area contributed by atoms with Crippen LogP contribution >= 0.6 is 0 Å². The summed E-state index contributed by atoms with van der Waals surface area (Å²) in [5.41, 5.74) is 8.81. The van der Waals surface area contributed by atoms with Crippen LogP contribution in [0.4, 0.5) is 0 Å². The molecule has 4 fully saturated rings. The highest BCUT2D eigenvalue weighted by atomic mass is 16.1. The van der Waals surface area contributed by atoms with Gasteiger partial charge in [-0.3, -0.25) is 4.79 Å². The minimum atomic E-state index is 0.291. The lowest BCUT2D eigenvalue weighted by Crippen LogP contribution is -2.75. The first-order valence-electron chi connectivity index (χ1n) is 12.6. The van der Waals surface area contributed by atoms with Crippen molar-refractivity contribution in [2.45, 2.75) is 95.4 Å². The Balaban J connectivity index is 1.24. The largest absolute Gasteiger partial charge is 0.353 e. The van der Waals surface area contributed by atoms with Gasteiger partial charge in [0, 0.05) is 17.9 Å². The monoisotopic (exact) mass is 408 g/mol. The molecule has 0 heterocycles. The van der Waals surface area contributed by atoms with Crippen molar-refractivity contribution in [3.05, 3.63) is 35.9 Å². The Labute approximate surface area is 182 Å². The van der Waals surface area contributed by atoms with E-state index in [-0.39, 0.29) is 0 Å². The molecule has 5 rings (SSSR count). The number of amides is 1. The smallest absolute Gasteiger partial charge is 0.220 e. The summed E-state index contributed by atoms with van der Waals surface area (Å²) in [5.74, 6) is 1.69. The quantitative estimate of drug-likeness (QED) is 0.641. The molecule has 3 heteroatoms. The molecule has 0 radical (unpaired) electrons. The minimum absolute atomic E-state index is 0.291. The van der Waals surface area contributed by atoms with Crippen LogP contribution in [0.1, 0.15) is 89.5 Å². The molecule has 0 aromatic heterocycles. The van der Waals surface area contributed by atoms with Crippen molar-refractivity contribution in [1.29, 1.82) is 0 Å². The lowest BCUT2D eigenvalue weighted by Gasteiger charge is -2.80. The first-order chi connectivity index (χ1) is 14.6. The molecule has 4 saturated carbocycles. The highest BCUT2D eigenvalue weighted by molar-refractivity contribution is 5.76. The molecule has 1 aromatic carbocycles. The van der Waals surface area contributed by atoms with Crippen LogP contribution < -0.4 is 11.1 Å². The van der Waals surface area contributed by atoms with Crippen LogP contribution in [0.3, 0.4) is 0 Å². The topological polar surface area (TPSA) is 55.1 Å². The van der Waals surface area contributed by atoms with E-state index in [0.717, 1.165) is 31.7 Å². The van der Waals surface area contributed by atoms with Crippen molar-refractivity contribution >= 4 is 5.91 Å². The SMILES string of the molecule is CC[C@]12CC(CCC(=O)N[C@H]3CC[C@@H](CN)CC3)C13CCC[C@]3(c1ccccc1)C2. The van der Waals surface area contributed by atoms with E-state index in [9.17, 15) is 4.79 Å². The number of nitrogens with two attached hydrogens (primary N) is 1. The van der Waals surface area contributed by atoms with Crippen molar-refractivity contribution in [2.75, 3.05) is 6.54 Å². The molecule has 2 unspecified atom stereocenters. The summed E-state index contributed by atoms with van der Waals surface area (Å²) >= 11 is 0. The van der Waals surface area contributed by atoms with Crippen LogP contribution in [0.15, 0.2) is 30.3 Å². The van der Waals surface area contributed by atoms with Gasteiger partial charge in [0.2, 0.25) is 5.91 Å². The lowest BCUT2D eigenvalue weighted by atomic mass is 9.23. The van der Waals surface area contributed by atoms with E-state index in [1.165, 1.54) is 51.4 Å². The summed E-state index contributed by atoms with van der Waals surface area (Å²) in [6.45, 7) is 3.21. The highest BCUT2D eigenvalue weighted by Gasteiger charge is 2.81. The molecular weight excluding hydrogens is 368 g/mol. The van der Waals surface area contributed by atoms with Crippen LogP contribution in [-0.2, 0) is 10.2 Å². The van der Waals surface area contributed by atoms with E-state index in [1.54, 1.807) is 5.56 Å². The zero-order valence-electron chi connectivity index (χ0n) is 18.8. The predicted molar refractivity (Wildman–Crippen MR) is 122 cm³/mol. The fourth-order valence-corrected chi connectivity index (χ4v) is 8.92. The Morgan fingerprint density at radius 2 is 1.90 bits per heavy atom. The fraction of sp³-hybridized carbons (Fsp3) is 0.741. The van der Waals surface area contributed by atoms with Crippen molar-refractivity contribution in [3.63, 3.8) is 0 Å². The van der Waals surface area contributed by atoms with Gasteiger partial charge in [-0.15, -0.1) is 0 Å². The van der Waals surface area contributed by atoms with Crippen LogP contribution in [0.2, 0.25) is 0 Å². The number of nitrogens with one attached hydrogen (secondary N) is 1.